The molecule has 2 aromatic rings. The van der Waals surface area contributed by atoms with E-state index in [2.05, 4.69) is 5.32 Å². The number of anilines is 1. The van der Waals surface area contributed by atoms with E-state index in [1.54, 1.807) is 30.3 Å². The van der Waals surface area contributed by atoms with Crippen molar-refractivity contribution in [2.75, 3.05) is 19.0 Å². The van der Waals surface area contributed by atoms with E-state index < -0.39 is 64.7 Å². The summed E-state index contributed by atoms with van der Waals surface area (Å²) in [5.41, 5.74) is 4.61. The van der Waals surface area contributed by atoms with Gasteiger partial charge in [0.15, 0.2) is 34.7 Å². The van der Waals surface area contributed by atoms with Crippen molar-refractivity contribution in [1.82, 2.24) is 0 Å². The number of hydrogen-bond donors (Lipinski definition) is 4. The Morgan fingerprint density at radius 2 is 1.85 bits per heavy atom. The smallest absolute Gasteiger partial charge is 0.250 e. The van der Waals surface area contributed by atoms with Crippen LogP contribution in [0.1, 0.15) is 28.8 Å². The predicted molar refractivity (Wildman–Crippen MR) is 134 cm³/mol. The molecule has 5 N–H and O–H groups in total. The Kier molecular flexibility index (Phi) is 6.44. The van der Waals surface area contributed by atoms with Gasteiger partial charge in [-0.2, -0.15) is 0 Å². The molecule has 39 heavy (non-hydrogen) atoms. The van der Waals surface area contributed by atoms with Gasteiger partial charge in [-0.3, -0.25) is 28.8 Å². The van der Waals surface area contributed by atoms with Crippen LogP contribution in [0.5, 0.6) is 5.75 Å². The highest BCUT2D eigenvalue weighted by Gasteiger charge is 2.66. The number of amides is 2. The molecule has 2 fully saturated rings. The van der Waals surface area contributed by atoms with E-state index in [0.717, 1.165) is 0 Å². The largest absolute Gasteiger partial charge is 0.507 e. The molecule has 0 spiro atoms. The van der Waals surface area contributed by atoms with Crippen molar-refractivity contribution in [3.63, 3.8) is 0 Å². The van der Waals surface area contributed by atoms with Crippen LogP contribution in [0.15, 0.2) is 36.4 Å². The van der Waals surface area contributed by atoms with Gasteiger partial charge in [0.25, 0.3) is 0 Å². The number of hydrogen-bond acceptors (Lipinski definition) is 9. The standard InChI is InChI=1S/C28H26N2O9/c1-39-11-20(33)30-15-4-2-3-12(8-15)16-5-6-18(31)22-17(16)9-13-7-14-10-19(32)23(27(29)37)26(36)28(14,38)25(35)21(13)24(22)34/h2-6,8,13-14,21,23,31,38H,7,9-11H2,1H3,(H2,29,37)(H,30,33)/t13-,14+,21?,23?,28+/m1/s1. The van der Waals surface area contributed by atoms with Gasteiger partial charge < -0.3 is 26.0 Å². The molecule has 2 amide bonds. The highest BCUT2D eigenvalue weighted by molar-refractivity contribution is 6.31. The summed E-state index contributed by atoms with van der Waals surface area (Å²) >= 11 is 0. The SMILES string of the molecule is COCC(=O)Nc1cccc(-c2ccc(O)c3c2C[C@H]2C[C@H]4CC(=O)C(C(N)=O)C(=O)[C@@]4(O)C(=O)C2C3=O)c1. The highest BCUT2D eigenvalue weighted by Crippen LogP contribution is 2.51. The third-order valence-corrected chi connectivity index (χ3v) is 8.02. The zero-order valence-corrected chi connectivity index (χ0v) is 20.9. The molecular weight excluding hydrogens is 508 g/mol. The zero-order valence-electron chi connectivity index (χ0n) is 20.9. The minimum Gasteiger partial charge on any atom is -0.507 e. The number of aromatic hydroxyl groups is 1. The van der Waals surface area contributed by atoms with Crippen molar-refractivity contribution in [3.8, 4) is 16.9 Å². The van der Waals surface area contributed by atoms with Crippen molar-refractivity contribution in [2.24, 2.45) is 29.4 Å². The van der Waals surface area contributed by atoms with E-state index in [-0.39, 0.29) is 36.7 Å². The third-order valence-electron chi connectivity index (χ3n) is 8.02. The van der Waals surface area contributed by atoms with Crippen LogP contribution in [0, 0.1) is 23.7 Å². The van der Waals surface area contributed by atoms with Gasteiger partial charge in [-0.15, -0.1) is 0 Å². The molecule has 0 saturated heterocycles. The zero-order chi connectivity index (χ0) is 28.2. The van der Waals surface area contributed by atoms with E-state index in [4.69, 9.17) is 10.5 Å². The van der Waals surface area contributed by atoms with Gasteiger partial charge in [-0.25, -0.2) is 0 Å². The lowest BCUT2D eigenvalue weighted by Gasteiger charge is -2.48. The number of phenols is 1. The van der Waals surface area contributed by atoms with Gasteiger partial charge in [-0.1, -0.05) is 18.2 Å². The normalized spacial score (nSPS) is 27.8. The second-order valence-corrected chi connectivity index (χ2v) is 10.3. The lowest BCUT2D eigenvalue weighted by Crippen LogP contribution is -2.68. The summed E-state index contributed by atoms with van der Waals surface area (Å²) in [6.07, 6.45) is -0.249. The second-order valence-electron chi connectivity index (χ2n) is 10.3. The number of methoxy groups -OCH3 is 1. The number of benzene rings is 2. The Bertz CT molecular complexity index is 1460. The number of carbonyl (C=O) groups excluding carboxylic acids is 6. The van der Waals surface area contributed by atoms with Crippen molar-refractivity contribution in [2.45, 2.75) is 24.9 Å². The monoisotopic (exact) mass is 534 g/mol. The second kappa shape index (κ2) is 9.51. The number of ketones is 4. The predicted octanol–water partition coefficient (Wildman–Crippen LogP) is 0.579. The fraction of sp³-hybridized carbons (Fsp3) is 0.357. The van der Waals surface area contributed by atoms with Crippen LogP contribution in [0.3, 0.4) is 0 Å². The Morgan fingerprint density at radius 1 is 1.10 bits per heavy atom. The molecule has 11 nitrogen and oxygen atoms in total. The van der Waals surface area contributed by atoms with Crippen LogP contribution in [-0.4, -0.2) is 64.5 Å². The third kappa shape index (κ3) is 4.05. The minimum atomic E-state index is -2.69. The van der Waals surface area contributed by atoms with Crippen LogP contribution in [-0.2, 0) is 35.1 Å². The Balaban J connectivity index is 1.55. The average Bonchev–Trinajstić information content (AvgIpc) is 2.86. The topological polar surface area (TPSA) is 190 Å². The summed E-state index contributed by atoms with van der Waals surface area (Å²) in [6.45, 7) is -0.136. The van der Waals surface area contributed by atoms with E-state index in [9.17, 15) is 39.0 Å². The Labute approximate surface area is 222 Å². The number of phenolic OH excluding ortho intramolecular Hbond substituents is 1. The molecule has 2 aromatic carbocycles. The molecule has 0 heterocycles. The van der Waals surface area contributed by atoms with E-state index >= 15 is 0 Å². The first-order valence-electron chi connectivity index (χ1n) is 12.4. The fourth-order valence-corrected chi connectivity index (χ4v) is 6.33. The van der Waals surface area contributed by atoms with Crippen molar-refractivity contribution in [1.29, 1.82) is 0 Å². The lowest BCUT2D eigenvalue weighted by molar-refractivity contribution is -0.175. The number of rotatable bonds is 5. The number of primary amides is 1. The molecule has 202 valence electrons. The summed E-state index contributed by atoms with van der Waals surface area (Å²) in [5, 5.41) is 24.7. The maximum atomic E-state index is 13.7. The molecule has 2 unspecified atom stereocenters. The van der Waals surface area contributed by atoms with E-state index in [0.29, 0.717) is 22.4 Å². The van der Waals surface area contributed by atoms with Gasteiger partial charge in [0, 0.05) is 25.1 Å². The van der Waals surface area contributed by atoms with Gasteiger partial charge in [-0.05, 0) is 53.6 Å². The highest BCUT2D eigenvalue weighted by atomic mass is 16.5. The van der Waals surface area contributed by atoms with Crippen LogP contribution in [0.2, 0.25) is 0 Å². The first kappa shape index (κ1) is 26.4. The summed E-state index contributed by atoms with van der Waals surface area (Å²) in [4.78, 5) is 76.6. The lowest BCUT2D eigenvalue weighted by atomic mass is 9.53. The first-order valence-corrected chi connectivity index (χ1v) is 12.4. The van der Waals surface area contributed by atoms with Crippen LogP contribution < -0.4 is 11.1 Å². The van der Waals surface area contributed by atoms with Gasteiger partial charge >= 0.3 is 0 Å². The number of ether oxygens (including phenoxy) is 1. The molecule has 0 aromatic heterocycles. The van der Waals surface area contributed by atoms with Crippen LogP contribution in [0.4, 0.5) is 5.69 Å². The van der Waals surface area contributed by atoms with E-state index in [1.807, 2.05) is 0 Å². The van der Waals surface area contributed by atoms with Crippen molar-refractivity contribution in [3.05, 3.63) is 47.5 Å². The quantitative estimate of drug-likeness (QED) is 0.397. The summed E-state index contributed by atoms with van der Waals surface area (Å²) in [7, 11) is 1.40. The number of nitrogens with one attached hydrogen (secondary N) is 1. The van der Waals surface area contributed by atoms with Gasteiger partial charge in [0.1, 0.15) is 12.4 Å². The Morgan fingerprint density at radius 3 is 2.54 bits per heavy atom. The summed E-state index contributed by atoms with van der Waals surface area (Å²) in [6, 6.07) is 9.81. The molecule has 0 aliphatic heterocycles. The van der Waals surface area contributed by atoms with Crippen molar-refractivity contribution < 1.29 is 43.7 Å². The molecule has 2 saturated carbocycles. The maximum Gasteiger partial charge on any atom is 0.250 e. The molecule has 3 aliphatic rings. The molecule has 11 heteroatoms. The van der Waals surface area contributed by atoms with Gasteiger partial charge in [0.2, 0.25) is 11.8 Å². The summed E-state index contributed by atoms with van der Waals surface area (Å²) < 4.78 is 4.84. The average molecular weight is 535 g/mol. The van der Waals surface area contributed by atoms with Crippen LogP contribution in [0.25, 0.3) is 11.1 Å². The molecule has 3 aliphatic carbocycles. The number of Topliss-reactive ketones (excluding diaryl/α,β-unsaturated/α-hetero) is 4. The van der Waals surface area contributed by atoms with E-state index in [1.165, 1.54) is 13.2 Å². The minimum absolute atomic E-state index is 0.00323. The molecular formula is C28H26N2O9. The van der Waals surface area contributed by atoms with Gasteiger partial charge in [0.05, 0.1) is 11.5 Å². The van der Waals surface area contributed by atoms with Crippen LogP contribution >= 0.6 is 0 Å². The number of nitrogens with two attached hydrogens (primary N) is 1. The first-order chi connectivity index (χ1) is 18.5. The maximum absolute atomic E-state index is 13.7. The molecule has 0 radical (unpaired) electrons. The number of aliphatic hydroxyl groups is 1. The molecule has 5 atom stereocenters. The Hall–Kier alpha value is -4.22. The molecule has 5 rings (SSSR count). The number of carbonyl (C=O) groups is 6. The summed E-state index contributed by atoms with van der Waals surface area (Å²) in [5.74, 6) is -11.0. The fourth-order valence-electron chi connectivity index (χ4n) is 6.33. The molecule has 0 bridgehead atoms. The van der Waals surface area contributed by atoms with Crippen molar-refractivity contribution >= 4 is 40.6 Å². The number of fused-ring (bicyclic) bond motifs is 3.